The van der Waals surface area contributed by atoms with Crippen molar-refractivity contribution in [2.24, 2.45) is 0 Å². The molecule has 3 aromatic rings. The molecule has 1 heterocycles. The molecule has 154 valence electrons. The summed E-state index contributed by atoms with van der Waals surface area (Å²) < 4.78 is 10.9. The second-order valence-electron chi connectivity index (χ2n) is 6.88. The van der Waals surface area contributed by atoms with Crippen LogP contribution in [-0.2, 0) is 11.3 Å². The van der Waals surface area contributed by atoms with Gasteiger partial charge in [0.05, 0.1) is 18.9 Å². The molecule has 0 radical (unpaired) electrons. The Morgan fingerprint density at radius 2 is 1.73 bits per heavy atom. The summed E-state index contributed by atoms with van der Waals surface area (Å²) in [6.07, 6.45) is 3.23. The second kappa shape index (κ2) is 10.1. The van der Waals surface area contributed by atoms with Gasteiger partial charge in [-0.15, -0.1) is 0 Å². The van der Waals surface area contributed by atoms with Gasteiger partial charge in [0.1, 0.15) is 17.2 Å². The van der Waals surface area contributed by atoms with E-state index in [1.807, 2.05) is 44.2 Å². The summed E-state index contributed by atoms with van der Waals surface area (Å²) in [4.78, 5) is 25.3. The summed E-state index contributed by atoms with van der Waals surface area (Å²) in [5, 5.41) is 5.47. The van der Waals surface area contributed by atoms with Gasteiger partial charge >= 0.3 is 0 Å². The van der Waals surface area contributed by atoms with Crippen LogP contribution in [0.1, 0.15) is 35.5 Å². The van der Waals surface area contributed by atoms with Gasteiger partial charge < -0.3 is 19.8 Å². The van der Waals surface area contributed by atoms with Gasteiger partial charge in [-0.25, -0.2) is 0 Å². The first-order valence-electron chi connectivity index (χ1n) is 9.66. The number of hydrogen-bond donors (Lipinski definition) is 2. The average Bonchev–Trinajstić information content (AvgIpc) is 3.27. The van der Waals surface area contributed by atoms with Gasteiger partial charge in [-0.3, -0.25) is 9.59 Å². The monoisotopic (exact) mass is 404 g/mol. The molecule has 30 heavy (non-hydrogen) atoms. The topological polar surface area (TPSA) is 80.6 Å². The SMILES string of the molecule is CC(C)Oc1ccc(/C=C(\NC(=O)c2ccccc2)C(=O)NCc2ccco2)cc1. The lowest BCUT2D eigenvalue weighted by molar-refractivity contribution is -0.118. The fraction of sp³-hybridized carbons (Fsp3) is 0.167. The molecule has 0 aliphatic rings. The lowest BCUT2D eigenvalue weighted by Gasteiger charge is -2.12. The van der Waals surface area contributed by atoms with E-state index in [4.69, 9.17) is 9.15 Å². The van der Waals surface area contributed by atoms with Crippen LogP contribution in [0.15, 0.2) is 83.1 Å². The largest absolute Gasteiger partial charge is 0.491 e. The van der Waals surface area contributed by atoms with E-state index in [0.29, 0.717) is 11.3 Å². The Balaban J connectivity index is 1.79. The van der Waals surface area contributed by atoms with Gasteiger partial charge in [-0.2, -0.15) is 0 Å². The summed E-state index contributed by atoms with van der Waals surface area (Å²) in [6.45, 7) is 4.12. The number of carbonyl (C=O) groups is 2. The van der Waals surface area contributed by atoms with E-state index in [0.717, 1.165) is 11.3 Å². The molecule has 0 aliphatic heterocycles. The van der Waals surface area contributed by atoms with Crippen molar-refractivity contribution in [3.8, 4) is 5.75 Å². The average molecular weight is 404 g/mol. The van der Waals surface area contributed by atoms with E-state index in [-0.39, 0.29) is 24.3 Å². The molecule has 0 saturated carbocycles. The highest BCUT2D eigenvalue weighted by molar-refractivity contribution is 6.05. The maximum Gasteiger partial charge on any atom is 0.268 e. The summed E-state index contributed by atoms with van der Waals surface area (Å²) in [5.41, 5.74) is 1.35. The third-order valence-electron chi connectivity index (χ3n) is 4.09. The fourth-order valence-corrected chi connectivity index (χ4v) is 2.70. The highest BCUT2D eigenvalue weighted by atomic mass is 16.5. The maximum atomic E-state index is 12.8. The lowest BCUT2D eigenvalue weighted by Crippen LogP contribution is -2.34. The third-order valence-corrected chi connectivity index (χ3v) is 4.09. The molecular formula is C24H24N2O4. The second-order valence-corrected chi connectivity index (χ2v) is 6.88. The smallest absolute Gasteiger partial charge is 0.268 e. The van der Waals surface area contributed by atoms with Crippen LogP contribution >= 0.6 is 0 Å². The van der Waals surface area contributed by atoms with Gasteiger partial charge in [-0.05, 0) is 61.9 Å². The molecule has 3 rings (SSSR count). The molecule has 0 atom stereocenters. The molecule has 0 spiro atoms. The van der Waals surface area contributed by atoms with Crippen molar-refractivity contribution in [3.05, 3.63) is 95.6 Å². The van der Waals surface area contributed by atoms with Crippen LogP contribution in [-0.4, -0.2) is 17.9 Å². The Morgan fingerprint density at radius 3 is 2.37 bits per heavy atom. The van der Waals surface area contributed by atoms with Crippen molar-refractivity contribution in [2.75, 3.05) is 0 Å². The quantitative estimate of drug-likeness (QED) is 0.553. The number of hydrogen-bond acceptors (Lipinski definition) is 4. The van der Waals surface area contributed by atoms with Gasteiger partial charge in [0.2, 0.25) is 0 Å². The van der Waals surface area contributed by atoms with Crippen LogP contribution in [0.5, 0.6) is 5.75 Å². The molecule has 6 heteroatoms. The Kier molecular flexibility index (Phi) is 7.05. The third kappa shape index (κ3) is 6.10. The minimum atomic E-state index is -0.418. The number of furan rings is 1. The maximum absolute atomic E-state index is 12.8. The molecule has 0 unspecified atom stereocenters. The molecule has 0 aliphatic carbocycles. The zero-order chi connectivity index (χ0) is 21.3. The predicted octanol–water partition coefficient (Wildman–Crippen LogP) is 4.15. The molecule has 0 fully saturated rings. The fourth-order valence-electron chi connectivity index (χ4n) is 2.70. The predicted molar refractivity (Wildman–Crippen MR) is 115 cm³/mol. The van der Waals surface area contributed by atoms with E-state index in [2.05, 4.69) is 10.6 Å². The standard InChI is InChI=1S/C24H24N2O4/c1-17(2)30-20-12-10-18(11-13-20)15-22(24(28)25-16-21-9-6-14-29-21)26-23(27)19-7-4-3-5-8-19/h3-15,17H,16H2,1-2H3,(H,25,28)(H,26,27)/b22-15-. The number of ether oxygens (including phenoxy) is 1. The molecule has 6 nitrogen and oxygen atoms in total. The summed E-state index contributed by atoms with van der Waals surface area (Å²) in [5.74, 6) is 0.569. The van der Waals surface area contributed by atoms with Crippen molar-refractivity contribution in [3.63, 3.8) is 0 Å². The summed E-state index contributed by atoms with van der Waals surface area (Å²) >= 11 is 0. The van der Waals surface area contributed by atoms with Gasteiger partial charge in [0.15, 0.2) is 0 Å². The number of carbonyl (C=O) groups excluding carboxylic acids is 2. The van der Waals surface area contributed by atoms with Crippen molar-refractivity contribution >= 4 is 17.9 Å². The van der Waals surface area contributed by atoms with E-state index in [1.165, 1.54) is 6.26 Å². The number of rotatable bonds is 8. The minimum absolute atomic E-state index is 0.0690. The lowest BCUT2D eigenvalue weighted by atomic mass is 10.1. The Morgan fingerprint density at radius 1 is 1.00 bits per heavy atom. The van der Waals surface area contributed by atoms with Crippen molar-refractivity contribution < 1.29 is 18.7 Å². The molecular weight excluding hydrogens is 380 g/mol. The molecule has 1 aromatic heterocycles. The van der Waals surface area contributed by atoms with Crippen LogP contribution in [0.3, 0.4) is 0 Å². The Hall–Kier alpha value is -3.80. The molecule has 2 aromatic carbocycles. The zero-order valence-corrected chi connectivity index (χ0v) is 16.9. The molecule has 2 amide bonds. The molecule has 0 saturated heterocycles. The number of benzene rings is 2. The first-order chi connectivity index (χ1) is 14.5. The Labute approximate surface area is 175 Å². The first-order valence-corrected chi connectivity index (χ1v) is 9.66. The minimum Gasteiger partial charge on any atom is -0.491 e. The van der Waals surface area contributed by atoms with Crippen LogP contribution in [0.25, 0.3) is 6.08 Å². The number of nitrogens with one attached hydrogen (secondary N) is 2. The summed E-state index contributed by atoms with van der Waals surface area (Å²) in [7, 11) is 0. The van der Waals surface area contributed by atoms with Gasteiger partial charge in [-0.1, -0.05) is 30.3 Å². The highest BCUT2D eigenvalue weighted by Crippen LogP contribution is 2.16. The van der Waals surface area contributed by atoms with E-state index < -0.39 is 5.91 Å². The normalized spacial score (nSPS) is 11.2. The van der Waals surface area contributed by atoms with Gasteiger partial charge in [0.25, 0.3) is 11.8 Å². The van der Waals surface area contributed by atoms with Crippen LogP contribution < -0.4 is 15.4 Å². The van der Waals surface area contributed by atoms with Crippen LogP contribution in [0, 0.1) is 0 Å². The van der Waals surface area contributed by atoms with Crippen LogP contribution in [0.2, 0.25) is 0 Å². The first kappa shape index (κ1) is 20.9. The van der Waals surface area contributed by atoms with E-state index in [9.17, 15) is 9.59 Å². The van der Waals surface area contributed by atoms with Crippen molar-refractivity contribution in [2.45, 2.75) is 26.5 Å². The molecule has 2 N–H and O–H groups in total. The van der Waals surface area contributed by atoms with E-state index in [1.54, 1.807) is 42.5 Å². The van der Waals surface area contributed by atoms with Crippen molar-refractivity contribution in [1.82, 2.24) is 10.6 Å². The molecule has 0 bridgehead atoms. The summed E-state index contributed by atoms with van der Waals surface area (Å²) in [6, 6.07) is 19.5. The van der Waals surface area contributed by atoms with E-state index >= 15 is 0 Å². The Bertz CT molecular complexity index is 991. The van der Waals surface area contributed by atoms with Gasteiger partial charge in [0, 0.05) is 5.56 Å². The highest BCUT2D eigenvalue weighted by Gasteiger charge is 2.15. The van der Waals surface area contributed by atoms with Crippen LogP contribution in [0.4, 0.5) is 0 Å². The zero-order valence-electron chi connectivity index (χ0n) is 16.9. The number of amides is 2. The van der Waals surface area contributed by atoms with Crippen molar-refractivity contribution in [1.29, 1.82) is 0 Å².